The van der Waals surface area contributed by atoms with Crippen LogP contribution in [0.5, 0.6) is 0 Å². The molecule has 1 heteroatoms. The molecule has 0 spiro atoms. The maximum absolute atomic E-state index is 3.72. The average molecular weight is 207 g/mol. The van der Waals surface area contributed by atoms with E-state index in [4.69, 9.17) is 0 Å². The van der Waals surface area contributed by atoms with Gasteiger partial charge in [-0.05, 0) is 43.9 Å². The first-order valence-corrected chi connectivity index (χ1v) is 6.43. The summed E-state index contributed by atoms with van der Waals surface area (Å²) in [6, 6.07) is 1.39. The van der Waals surface area contributed by atoms with Crippen molar-refractivity contribution >= 4 is 0 Å². The molecule has 0 aromatic rings. The van der Waals surface area contributed by atoms with Gasteiger partial charge in [0.1, 0.15) is 0 Å². The van der Waals surface area contributed by atoms with Gasteiger partial charge in [0.2, 0.25) is 0 Å². The van der Waals surface area contributed by atoms with E-state index in [0.717, 1.165) is 5.92 Å². The lowest BCUT2D eigenvalue weighted by molar-refractivity contribution is 0.211. The highest BCUT2D eigenvalue weighted by molar-refractivity contribution is 5.22. The maximum Gasteiger partial charge on any atom is 0.0287 e. The smallest absolute Gasteiger partial charge is 0.0287 e. The Labute approximate surface area is 94.3 Å². The molecule has 86 valence electrons. The van der Waals surface area contributed by atoms with Gasteiger partial charge in [-0.15, -0.1) is 0 Å². The van der Waals surface area contributed by atoms with E-state index in [1.165, 1.54) is 25.7 Å². The van der Waals surface area contributed by atoms with Crippen LogP contribution < -0.4 is 5.32 Å². The predicted octanol–water partition coefficient (Wildman–Crippen LogP) is 3.51. The fourth-order valence-corrected chi connectivity index (χ4v) is 3.53. The van der Waals surface area contributed by atoms with Crippen LogP contribution in [-0.2, 0) is 0 Å². The zero-order chi connectivity index (χ0) is 11.1. The van der Waals surface area contributed by atoms with Crippen LogP contribution in [0, 0.1) is 11.3 Å². The fourth-order valence-electron chi connectivity index (χ4n) is 3.53. The molecule has 0 radical (unpaired) electrons. The molecular weight excluding hydrogens is 182 g/mol. The van der Waals surface area contributed by atoms with Crippen LogP contribution in [0.4, 0.5) is 0 Å². The Morgan fingerprint density at radius 2 is 2.27 bits per heavy atom. The highest BCUT2D eigenvalue weighted by Crippen LogP contribution is 2.43. The third kappa shape index (κ3) is 2.44. The molecule has 0 bridgehead atoms. The number of rotatable bonds is 2. The Morgan fingerprint density at radius 1 is 1.53 bits per heavy atom. The predicted molar refractivity (Wildman–Crippen MR) is 65.9 cm³/mol. The summed E-state index contributed by atoms with van der Waals surface area (Å²) in [7, 11) is 0. The quantitative estimate of drug-likeness (QED) is 0.683. The Balaban J connectivity index is 2.05. The van der Waals surface area contributed by atoms with Gasteiger partial charge in [-0.3, -0.25) is 0 Å². The summed E-state index contributed by atoms with van der Waals surface area (Å²) in [5.41, 5.74) is 2.23. The first-order chi connectivity index (χ1) is 6.98. The summed E-state index contributed by atoms with van der Waals surface area (Å²) in [4.78, 5) is 0. The molecule has 15 heavy (non-hydrogen) atoms. The highest BCUT2D eigenvalue weighted by atomic mass is 15.0. The lowest BCUT2D eigenvalue weighted by Gasteiger charge is -2.37. The van der Waals surface area contributed by atoms with E-state index >= 15 is 0 Å². The highest BCUT2D eigenvalue weighted by Gasteiger charge is 2.37. The molecule has 0 amide bonds. The number of hydrogen-bond donors (Lipinski definition) is 1. The van der Waals surface area contributed by atoms with Crippen molar-refractivity contribution in [3.05, 3.63) is 11.6 Å². The van der Waals surface area contributed by atoms with Gasteiger partial charge in [0.25, 0.3) is 0 Å². The lowest BCUT2D eigenvalue weighted by Crippen LogP contribution is -2.36. The summed E-state index contributed by atoms with van der Waals surface area (Å²) in [5.74, 6) is 0.823. The zero-order valence-electron chi connectivity index (χ0n) is 10.6. The summed E-state index contributed by atoms with van der Waals surface area (Å²) in [6.45, 7) is 9.45. The van der Waals surface area contributed by atoms with Gasteiger partial charge in [-0.2, -0.15) is 0 Å². The average Bonchev–Trinajstić information content (AvgIpc) is 2.41. The number of hydrogen-bond acceptors (Lipinski definition) is 1. The SMILES string of the molecule is CC(C)CC1(C)CC=C2CC(C)NC2C1. The van der Waals surface area contributed by atoms with E-state index in [1.807, 2.05) is 0 Å². The maximum atomic E-state index is 3.72. The zero-order valence-corrected chi connectivity index (χ0v) is 10.6. The molecule has 1 heterocycles. The Bertz CT molecular complexity index is 267. The van der Waals surface area contributed by atoms with Gasteiger partial charge in [0.15, 0.2) is 0 Å². The van der Waals surface area contributed by atoms with Crippen LogP contribution in [0.15, 0.2) is 11.6 Å². The van der Waals surface area contributed by atoms with Crippen LogP contribution >= 0.6 is 0 Å². The van der Waals surface area contributed by atoms with Gasteiger partial charge in [-0.25, -0.2) is 0 Å². The minimum atomic E-state index is 0.541. The molecule has 0 aromatic heterocycles. The van der Waals surface area contributed by atoms with Crippen molar-refractivity contribution in [2.75, 3.05) is 0 Å². The normalized spacial score (nSPS) is 40.5. The standard InChI is InChI=1S/C14H25N/c1-10(2)8-14(4)6-5-12-7-11(3)15-13(12)9-14/h5,10-11,13,15H,6-9H2,1-4H3. The largest absolute Gasteiger partial charge is 0.307 e. The molecule has 1 N–H and O–H groups in total. The Kier molecular flexibility index (Phi) is 2.94. The van der Waals surface area contributed by atoms with Gasteiger partial charge in [-0.1, -0.05) is 32.4 Å². The molecule has 0 saturated carbocycles. The van der Waals surface area contributed by atoms with Crippen molar-refractivity contribution in [1.82, 2.24) is 5.32 Å². The molecule has 3 atom stereocenters. The Morgan fingerprint density at radius 3 is 2.93 bits per heavy atom. The van der Waals surface area contributed by atoms with E-state index in [-0.39, 0.29) is 0 Å². The van der Waals surface area contributed by atoms with Gasteiger partial charge >= 0.3 is 0 Å². The van der Waals surface area contributed by atoms with E-state index in [0.29, 0.717) is 17.5 Å². The van der Waals surface area contributed by atoms with Crippen molar-refractivity contribution in [3.8, 4) is 0 Å². The molecule has 1 saturated heterocycles. The third-order valence-electron chi connectivity index (χ3n) is 3.93. The van der Waals surface area contributed by atoms with E-state index in [9.17, 15) is 0 Å². The van der Waals surface area contributed by atoms with Crippen LogP contribution in [0.3, 0.4) is 0 Å². The lowest BCUT2D eigenvalue weighted by atomic mass is 9.70. The summed E-state index contributed by atoms with van der Waals surface area (Å²) in [5, 5.41) is 3.72. The first kappa shape index (κ1) is 11.2. The molecule has 1 aliphatic carbocycles. The van der Waals surface area contributed by atoms with E-state index in [1.54, 1.807) is 5.57 Å². The van der Waals surface area contributed by atoms with E-state index < -0.39 is 0 Å². The third-order valence-corrected chi connectivity index (χ3v) is 3.93. The topological polar surface area (TPSA) is 12.0 Å². The van der Waals surface area contributed by atoms with E-state index in [2.05, 4.69) is 39.1 Å². The second-order valence-corrected chi connectivity index (χ2v) is 6.42. The fraction of sp³-hybridized carbons (Fsp3) is 0.857. The molecule has 1 aliphatic heterocycles. The molecule has 0 aromatic carbocycles. The summed E-state index contributed by atoms with van der Waals surface area (Å²) >= 11 is 0. The van der Waals surface area contributed by atoms with Crippen molar-refractivity contribution in [3.63, 3.8) is 0 Å². The number of fused-ring (bicyclic) bond motifs is 1. The van der Waals surface area contributed by atoms with Gasteiger partial charge < -0.3 is 5.32 Å². The Hall–Kier alpha value is -0.300. The first-order valence-electron chi connectivity index (χ1n) is 6.43. The number of allylic oxidation sites excluding steroid dienone is 1. The minimum Gasteiger partial charge on any atom is -0.307 e. The van der Waals surface area contributed by atoms with Crippen molar-refractivity contribution in [1.29, 1.82) is 0 Å². The summed E-state index contributed by atoms with van der Waals surface area (Å²) < 4.78 is 0. The molecule has 1 nitrogen and oxygen atoms in total. The van der Waals surface area contributed by atoms with Gasteiger partial charge in [0, 0.05) is 12.1 Å². The van der Waals surface area contributed by atoms with Crippen LogP contribution in [-0.4, -0.2) is 12.1 Å². The molecule has 2 aliphatic rings. The number of nitrogens with one attached hydrogen (secondary N) is 1. The summed E-state index contributed by atoms with van der Waals surface area (Å²) in [6.07, 6.45) is 7.81. The molecular formula is C14H25N. The monoisotopic (exact) mass is 207 g/mol. The second-order valence-electron chi connectivity index (χ2n) is 6.42. The minimum absolute atomic E-state index is 0.541. The second kappa shape index (κ2) is 3.93. The van der Waals surface area contributed by atoms with Crippen LogP contribution in [0.25, 0.3) is 0 Å². The molecule has 3 unspecified atom stereocenters. The molecule has 2 rings (SSSR count). The van der Waals surface area contributed by atoms with Crippen LogP contribution in [0.1, 0.15) is 53.4 Å². The van der Waals surface area contributed by atoms with Crippen LogP contribution in [0.2, 0.25) is 0 Å². The molecule has 1 fully saturated rings. The van der Waals surface area contributed by atoms with Crippen molar-refractivity contribution < 1.29 is 0 Å². The van der Waals surface area contributed by atoms with Crippen molar-refractivity contribution in [2.24, 2.45) is 11.3 Å². The van der Waals surface area contributed by atoms with Gasteiger partial charge in [0.05, 0.1) is 0 Å². The van der Waals surface area contributed by atoms with Crippen molar-refractivity contribution in [2.45, 2.75) is 65.5 Å².